The highest BCUT2D eigenvalue weighted by atomic mass is 32.2. The average molecular weight is 550 g/mol. The maximum Gasteiger partial charge on any atom is 0.416 e. The summed E-state index contributed by atoms with van der Waals surface area (Å²) in [7, 11) is 4.45. The van der Waals surface area contributed by atoms with Crippen molar-refractivity contribution in [1.29, 1.82) is 0 Å². The number of ether oxygens (including phenoxy) is 5. The molecule has 38 heavy (non-hydrogen) atoms. The molecule has 3 aromatic carbocycles. The van der Waals surface area contributed by atoms with E-state index in [0.717, 1.165) is 17.7 Å². The third-order valence-electron chi connectivity index (χ3n) is 5.81. The summed E-state index contributed by atoms with van der Waals surface area (Å²) in [5.74, 6) is 1.21. The van der Waals surface area contributed by atoms with E-state index in [9.17, 15) is 17.7 Å². The Bertz CT molecular complexity index is 1290. The number of rotatable bonds is 9. The van der Waals surface area contributed by atoms with E-state index in [2.05, 4.69) is 4.99 Å². The number of aliphatic imine (C=N–C) groups is 1. The maximum absolute atomic E-state index is 13.5. The van der Waals surface area contributed by atoms with Crippen LogP contribution in [0.4, 0.5) is 13.2 Å². The zero-order valence-electron chi connectivity index (χ0n) is 21.1. The first kappa shape index (κ1) is 27.6. The number of nitrogens with zero attached hydrogens (tertiary/aromatic N) is 1. The van der Waals surface area contributed by atoms with Crippen LogP contribution in [0.3, 0.4) is 0 Å². The van der Waals surface area contributed by atoms with Gasteiger partial charge in [0.15, 0.2) is 28.1 Å². The molecule has 0 fully saturated rings. The van der Waals surface area contributed by atoms with Crippen molar-refractivity contribution in [3.05, 3.63) is 76.9 Å². The molecule has 0 spiro atoms. The molecule has 0 aliphatic carbocycles. The maximum atomic E-state index is 13.5. The third kappa shape index (κ3) is 5.85. The standard InChI is InChI=1S/C27H26F3NO6S/c1-16-5-8-19(9-6-16)38(32)24-13-18(27(28,29)30)7-10-20(24)26-31-21(14-36-26)17-11-22(34-3)25(37-15-33-2)23(12-17)35-4/h5-13,21H,14-15H2,1-4H3/t21?,38-/m0/s1. The number of aryl methyl sites for hydroxylation is 1. The van der Waals surface area contributed by atoms with Gasteiger partial charge in [-0.1, -0.05) is 17.7 Å². The molecule has 1 unspecified atom stereocenters. The third-order valence-corrected chi connectivity index (χ3v) is 7.25. The zero-order chi connectivity index (χ0) is 27.4. The van der Waals surface area contributed by atoms with E-state index in [4.69, 9.17) is 23.7 Å². The van der Waals surface area contributed by atoms with Crippen molar-refractivity contribution < 1.29 is 41.4 Å². The van der Waals surface area contributed by atoms with Gasteiger partial charge in [0.25, 0.3) is 0 Å². The summed E-state index contributed by atoms with van der Waals surface area (Å²) >= 11 is -1.91. The van der Waals surface area contributed by atoms with Crippen LogP contribution in [0.2, 0.25) is 0 Å². The van der Waals surface area contributed by atoms with E-state index >= 15 is 0 Å². The fourth-order valence-electron chi connectivity index (χ4n) is 3.86. The minimum Gasteiger partial charge on any atom is -0.606 e. The van der Waals surface area contributed by atoms with Crippen molar-refractivity contribution in [2.75, 3.05) is 34.7 Å². The van der Waals surface area contributed by atoms with E-state index in [-0.39, 0.29) is 29.8 Å². The predicted octanol–water partition coefficient (Wildman–Crippen LogP) is 5.70. The molecule has 1 aliphatic heterocycles. The summed E-state index contributed by atoms with van der Waals surface area (Å²) in [5.41, 5.74) is 0.920. The Morgan fingerprint density at radius 2 is 1.66 bits per heavy atom. The number of methoxy groups -OCH3 is 3. The van der Waals surface area contributed by atoms with Crippen LogP contribution < -0.4 is 14.2 Å². The first-order valence-corrected chi connectivity index (χ1v) is 12.6. The summed E-state index contributed by atoms with van der Waals surface area (Å²) in [6.45, 7) is 1.96. The molecule has 1 aliphatic rings. The van der Waals surface area contributed by atoms with Gasteiger partial charge in [0, 0.05) is 24.4 Å². The Hall–Kier alpha value is -3.41. The fraction of sp³-hybridized carbons (Fsp3) is 0.296. The first-order valence-electron chi connectivity index (χ1n) is 11.4. The molecule has 0 N–H and O–H groups in total. The molecule has 202 valence electrons. The second-order valence-electron chi connectivity index (χ2n) is 8.36. The molecule has 11 heteroatoms. The second-order valence-corrected chi connectivity index (χ2v) is 9.81. The second kappa shape index (κ2) is 11.5. The number of alkyl halides is 3. The van der Waals surface area contributed by atoms with E-state index in [1.54, 1.807) is 36.4 Å². The predicted molar refractivity (Wildman–Crippen MR) is 135 cm³/mol. The number of halogens is 3. The van der Waals surface area contributed by atoms with Gasteiger partial charge in [0.2, 0.25) is 11.6 Å². The summed E-state index contributed by atoms with van der Waals surface area (Å²) < 4.78 is 81.3. The lowest BCUT2D eigenvalue weighted by Crippen LogP contribution is -2.14. The molecule has 1 heterocycles. The van der Waals surface area contributed by atoms with E-state index in [0.29, 0.717) is 27.7 Å². The molecule has 4 rings (SSSR count). The SMILES string of the molecule is COCOc1c(OC)cc(C2COC(c3ccc(C(F)(F)F)cc3[S@@+]([O-])c3ccc(C)cc3)=N2)cc1OC. The van der Waals surface area contributed by atoms with Gasteiger partial charge in [-0.05, 0) is 48.9 Å². The lowest BCUT2D eigenvalue weighted by Gasteiger charge is -2.16. The van der Waals surface area contributed by atoms with Gasteiger partial charge < -0.3 is 28.2 Å². The van der Waals surface area contributed by atoms with E-state index < -0.39 is 29.0 Å². The van der Waals surface area contributed by atoms with E-state index in [1.807, 2.05) is 6.92 Å². The number of hydrogen-bond acceptors (Lipinski definition) is 7. The number of hydrogen-bond donors (Lipinski definition) is 0. The van der Waals surface area contributed by atoms with Crippen molar-refractivity contribution in [3.8, 4) is 17.2 Å². The minimum absolute atomic E-state index is 0.0181. The quantitative estimate of drug-likeness (QED) is 0.252. The Kier molecular flexibility index (Phi) is 8.39. The molecule has 3 aromatic rings. The van der Waals surface area contributed by atoms with Crippen molar-refractivity contribution in [2.24, 2.45) is 4.99 Å². The highest BCUT2D eigenvalue weighted by molar-refractivity contribution is 7.91. The summed E-state index contributed by atoms with van der Waals surface area (Å²) in [6.07, 6.45) is -4.61. The van der Waals surface area contributed by atoms with Crippen LogP contribution in [0.5, 0.6) is 17.2 Å². The fourth-order valence-corrected chi connectivity index (χ4v) is 5.09. The summed E-state index contributed by atoms with van der Waals surface area (Å²) in [6, 6.07) is 12.7. The molecule has 0 amide bonds. The van der Waals surface area contributed by atoms with Gasteiger partial charge >= 0.3 is 6.18 Å². The lowest BCUT2D eigenvalue weighted by atomic mass is 10.1. The molecule has 2 atom stereocenters. The Labute approximate surface area is 221 Å². The first-order chi connectivity index (χ1) is 18.2. The number of benzene rings is 3. The van der Waals surface area contributed by atoms with Gasteiger partial charge in [0.05, 0.1) is 25.3 Å². The Balaban J connectivity index is 1.74. The zero-order valence-corrected chi connectivity index (χ0v) is 21.9. The van der Waals surface area contributed by atoms with Crippen molar-refractivity contribution in [3.63, 3.8) is 0 Å². The van der Waals surface area contributed by atoms with Crippen molar-refractivity contribution in [1.82, 2.24) is 0 Å². The highest BCUT2D eigenvalue weighted by Gasteiger charge is 2.35. The van der Waals surface area contributed by atoms with Gasteiger partial charge in [-0.15, -0.1) is 0 Å². The molecule has 0 bridgehead atoms. The molecule has 0 saturated heterocycles. The normalized spacial score (nSPS) is 16.0. The van der Waals surface area contributed by atoms with Crippen LogP contribution in [0.15, 0.2) is 69.4 Å². The van der Waals surface area contributed by atoms with Crippen LogP contribution in [0.25, 0.3) is 0 Å². The largest absolute Gasteiger partial charge is 0.606 e. The molecule has 0 radical (unpaired) electrons. The minimum atomic E-state index is -4.61. The van der Waals surface area contributed by atoms with Crippen molar-refractivity contribution >= 4 is 17.1 Å². The van der Waals surface area contributed by atoms with E-state index in [1.165, 1.54) is 27.4 Å². The molecule has 0 aromatic heterocycles. The average Bonchev–Trinajstić information content (AvgIpc) is 3.41. The molecular weight excluding hydrogens is 523 g/mol. The van der Waals surface area contributed by atoms with Crippen LogP contribution in [-0.4, -0.2) is 45.2 Å². The monoisotopic (exact) mass is 549 g/mol. The molecule has 7 nitrogen and oxygen atoms in total. The molecule has 0 saturated carbocycles. The Morgan fingerprint density at radius 1 is 1.00 bits per heavy atom. The molecular formula is C27H26F3NO6S. The highest BCUT2D eigenvalue weighted by Crippen LogP contribution is 2.42. The van der Waals surface area contributed by atoms with Crippen LogP contribution in [0.1, 0.15) is 28.3 Å². The van der Waals surface area contributed by atoms with Crippen LogP contribution >= 0.6 is 0 Å². The van der Waals surface area contributed by atoms with Gasteiger partial charge in [0.1, 0.15) is 12.6 Å². The lowest BCUT2D eigenvalue weighted by molar-refractivity contribution is -0.137. The van der Waals surface area contributed by atoms with Crippen LogP contribution in [-0.2, 0) is 26.8 Å². The summed E-state index contributed by atoms with van der Waals surface area (Å²) in [5, 5.41) is 0. The van der Waals surface area contributed by atoms with Crippen molar-refractivity contribution in [2.45, 2.75) is 28.9 Å². The van der Waals surface area contributed by atoms with Gasteiger partial charge in [-0.25, -0.2) is 4.99 Å². The topological polar surface area (TPSA) is 81.6 Å². The Morgan fingerprint density at radius 3 is 2.24 bits per heavy atom. The van der Waals surface area contributed by atoms with Gasteiger partial charge in [-0.3, -0.25) is 0 Å². The summed E-state index contributed by atoms with van der Waals surface area (Å²) in [4.78, 5) is 4.94. The van der Waals surface area contributed by atoms with Gasteiger partial charge in [-0.2, -0.15) is 13.2 Å². The van der Waals surface area contributed by atoms with Crippen LogP contribution in [0, 0.1) is 6.92 Å². The smallest absolute Gasteiger partial charge is 0.416 e.